The Bertz CT molecular complexity index is 764. The van der Waals surface area contributed by atoms with Crippen molar-refractivity contribution in [2.45, 2.75) is 39.7 Å². The van der Waals surface area contributed by atoms with E-state index in [1.165, 1.54) is 0 Å². The van der Waals surface area contributed by atoms with Crippen molar-refractivity contribution in [1.82, 2.24) is 30.3 Å². The molecule has 8 heteroatoms. The lowest BCUT2D eigenvalue weighted by atomic mass is 9.86. The van der Waals surface area contributed by atoms with Crippen molar-refractivity contribution in [1.29, 1.82) is 0 Å². The van der Waals surface area contributed by atoms with Crippen molar-refractivity contribution in [3.63, 3.8) is 0 Å². The molecule has 0 saturated carbocycles. The number of aromatic nitrogens is 5. The van der Waals surface area contributed by atoms with E-state index in [0.29, 0.717) is 12.8 Å². The van der Waals surface area contributed by atoms with Crippen LogP contribution in [0.4, 0.5) is 5.95 Å². The van der Waals surface area contributed by atoms with Gasteiger partial charge in [-0.2, -0.15) is 5.10 Å². The van der Waals surface area contributed by atoms with Crippen LogP contribution < -0.4 is 10.2 Å². The summed E-state index contributed by atoms with van der Waals surface area (Å²) >= 11 is 0. The number of carbonyl (C=O) groups is 1. The van der Waals surface area contributed by atoms with Crippen LogP contribution in [0.2, 0.25) is 0 Å². The molecule has 2 fully saturated rings. The highest BCUT2D eigenvalue weighted by Crippen LogP contribution is 2.38. The summed E-state index contributed by atoms with van der Waals surface area (Å²) in [4.78, 5) is 13.9. The SMILES string of the molecule is CCn1c(Cc2cc(C)[nH]n2)nnc1N1CCC2(CNC(=O)C2)C1. The second kappa shape index (κ2) is 5.61. The number of nitrogens with zero attached hydrogens (tertiary/aromatic N) is 5. The predicted molar refractivity (Wildman–Crippen MR) is 88.7 cm³/mol. The van der Waals surface area contributed by atoms with Gasteiger partial charge in [0.05, 0.1) is 12.1 Å². The Kier molecular flexibility index (Phi) is 3.54. The summed E-state index contributed by atoms with van der Waals surface area (Å²) in [6, 6.07) is 2.04. The summed E-state index contributed by atoms with van der Waals surface area (Å²) in [5.41, 5.74) is 2.10. The zero-order valence-corrected chi connectivity index (χ0v) is 14.2. The zero-order valence-electron chi connectivity index (χ0n) is 14.2. The van der Waals surface area contributed by atoms with E-state index in [-0.39, 0.29) is 11.3 Å². The van der Waals surface area contributed by atoms with Crippen molar-refractivity contribution in [2.24, 2.45) is 5.41 Å². The van der Waals surface area contributed by atoms with Crippen LogP contribution in [0.25, 0.3) is 0 Å². The van der Waals surface area contributed by atoms with Crippen LogP contribution in [0.5, 0.6) is 0 Å². The van der Waals surface area contributed by atoms with E-state index < -0.39 is 0 Å². The molecule has 0 radical (unpaired) electrons. The van der Waals surface area contributed by atoms with Crippen molar-refractivity contribution < 1.29 is 4.79 Å². The van der Waals surface area contributed by atoms with Gasteiger partial charge in [0.1, 0.15) is 5.82 Å². The van der Waals surface area contributed by atoms with Gasteiger partial charge in [0.25, 0.3) is 0 Å². The Morgan fingerprint density at radius 3 is 2.92 bits per heavy atom. The van der Waals surface area contributed by atoms with Gasteiger partial charge in [0.2, 0.25) is 11.9 Å². The van der Waals surface area contributed by atoms with E-state index in [0.717, 1.165) is 55.8 Å². The number of rotatable bonds is 4. The maximum atomic E-state index is 11.6. The van der Waals surface area contributed by atoms with Crippen LogP contribution in [-0.2, 0) is 17.8 Å². The zero-order chi connectivity index (χ0) is 16.7. The van der Waals surface area contributed by atoms with E-state index in [4.69, 9.17) is 0 Å². The summed E-state index contributed by atoms with van der Waals surface area (Å²) in [6.45, 7) is 7.50. The summed E-state index contributed by atoms with van der Waals surface area (Å²) in [6.07, 6.45) is 2.32. The summed E-state index contributed by atoms with van der Waals surface area (Å²) in [7, 11) is 0. The number of aromatic amines is 1. The molecule has 128 valence electrons. The highest BCUT2D eigenvalue weighted by Gasteiger charge is 2.44. The van der Waals surface area contributed by atoms with Gasteiger partial charge in [-0.15, -0.1) is 10.2 Å². The largest absolute Gasteiger partial charge is 0.355 e. The molecular weight excluding hydrogens is 306 g/mol. The lowest BCUT2D eigenvalue weighted by Gasteiger charge is -2.22. The number of nitrogens with one attached hydrogen (secondary N) is 2. The Labute approximate surface area is 140 Å². The topological polar surface area (TPSA) is 91.7 Å². The summed E-state index contributed by atoms with van der Waals surface area (Å²) < 4.78 is 2.16. The molecule has 2 aromatic rings. The molecule has 24 heavy (non-hydrogen) atoms. The number of amides is 1. The van der Waals surface area contributed by atoms with Gasteiger partial charge in [0, 0.05) is 43.7 Å². The Morgan fingerprint density at radius 2 is 2.25 bits per heavy atom. The normalized spacial score (nSPS) is 23.4. The molecule has 1 spiro atoms. The molecule has 4 rings (SSSR count). The minimum Gasteiger partial charge on any atom is -0.355 e. The van der Waals surface area contributed by atoms with Crippen LogP contribution in [0.15, 0.2) is 6.07 Å². The molecule has 1 amide bonds. The number of anilines is 1. The van der Waals surface area contributed by atoms with Gasteiger partial charge in [-0.3, -0.25) is 14.5 Å². The molecule has 2 aliphatic heterocycles. The van der Waals surface area contributed by atoms with Crippen molar-refractivity contribution in [2.75, 3.05) is 24.5 Å². The van der Waals surface area contributed by atoms with Gasteiger partial charge in [-0.25, -0.2) is 0 Å². The fourth-order valence-corrected chi connectivity index (χ4v) is 3.89. The molecule has 4 heterocycles. The third-order valence-electron chi connectivity index (χ3n) is 5.14. The first kappa shape index (κ1) is 15.2. The maximum absolute atomic E-state index is 11.6. The first-order valence-electron chi connectivity index (χ1n) is 8.53. The smallest absolute Gasteiger partial charge is 0.227 e. The van der Waals surface area contributed by atoms with E-state index in [9.17, 15) is 4.79 Å². The monoisotopic (exact) mass is 329 g/mol. The average molecular weight is 329 g/mol. The van der Waals surface area contributed by atoms with Gasteiger partial charge >= 0.3 is 0 Å². The quantitative estimate of drug-likeness (QED) is 0.859. The van der Waals surface area contributed by atoms with E-state index >= 15 is 0 Å². The van der Waals surface area contributed by atoms with E-state index in [1.807, 2.05) is 13.0 Å². The fraction of sp³-hybridized carbons (Fsp3) is 0.625. The lowest BCUT2D eigenvalue weighted by Crippen LogP contribution is -2.30. The highest BCUT2D eigenvalue weighted by molar-refractivity contribution is 5.79. The first-order chi connectivity index (χ1) is 11.6. The molecule has 2 aliphatic rings. The summed E-state index contributed by atoms with van der Waals surface area (Å²) in [5.74, 6) is 2.01. The lowest BCUT2D eigenvalue weighted by molar-refractivity contribution is -0.119. The van der Waals surface area contributed by atoms with Gasteiger partial charge in [-0.1, -0.05) is 0 Å². The van der Waals surface area contributed by atoms with Crippen LogP contribution in [0, 0.1) is 12.3 Å². The number of carbonyl (C=O) groups excluding carboxylic acids is 1. The number of hydrogen-bond acceptors (Lipinski definition) is 5. The van der Waals surface area contributed by atoms with Gasteiger partial charge in [0.15, 0.2) is 0 Å². The molecule has 2 saturated heterocycles. The molecule has 0 aromatic carbocycles. The molecule has 8 nitrogen and oxygen atoms in total. The predicted octanol–water partition coefficient (Wildman–Crippen LogP) is 0.637. The van der Waals surface area contributed by atoms with Crippen molar-refractivity contribution >= 4 is 11.9 Å². The second-order valence-corrected chi connectivity index (χ2v) is 7.00. The standard InChI is InChI=1S/C16H23N7O/c1-3-23-13(7-12-6-11(2)18-19-12)20-21-15(23)22-5-4-16(10-22)8-14(24)17-9-16/h6H,3-5,7-10H2,1-2H3,(H,17,24)(H,18,19). The number of H-pyrrole nitrogens is 1. The fourth-order valence-electron chi connectivity index (χ4n) is 3.89. The molecule has 2 aromatic heterocycles. The molecule has 1 unspecified atom stereocenters. The van der Waals surface area contributed by atoms with Gasteiger partial charge < -0.3 is 10.2 Å². The van der Waals surface area contributed by atoms with Crippen LogP contribution in [0.1, 0.15) is 37.0 Å². The number of aryl methyl sites for hydroxylation is 1. The Morgan fingerprint density at radius 1 is 1.38 bits per heavy atom. The Balaban J connectivity index is 1.55. The molecule has 2 N–H and O–H groups in total. The van der Waals surface area contributed by atoms with Crippen LogP contribution in [0.3, 0.4) is 0 Å². The highest BCUT2D eigenvalue weighted by atomic mass is 16.1. The Hall–Kier alpha value is -2.38. The molecule has 1 atom stereocenters. The van der Waals surface area contributed by atoms with Crippen LogP contribution >= 0.6 is 0 Å². The van der Waals surface area contributed by atoms with Crippen LogP contribution in [-0.4, -0.2) is 50.5 Å². The summed E-state index contributed by atoms with van der Waals surface area (Å²) in [5, 5.41) is 19.1. The maximum Gasteiger partial charge on any atom is 0.227 e. The minimum absolute atomic E-state index is 0.0705. The molecular formula is C16H23N7O. The number of hydrogen-bond donors (Lipinski definition) is 2. The van der Waals surface area contributed by atoms with Crippen molar-refractivity contribution in [3.8, 4) is 0 Å². The van der Waals surface area contributed by atoms with E-state index in [2.05, 4.69) is 42.1 Å². The second-order valence-electron chi connectivity index (χ2n) is 7.00. The van der Waals surface area contributed by atoms with Gasteiger partial charge in [-0.05, 0) is 26.3 Å². The average Bonchev–Trinajstić information content (AvgIpc) is 3.30. The third-order valence-corrected chi connectivity index (χ3v) is 5.14. The molecule has 0 bridgehead atoms. The first-order valence-corrected chi connectivity index (χ1v) is 8.53. The third kappa shape index (κ3) is 2.55. The molecule has 0 aliphatic carbocycles. The minimum atomic E-state index is 0.0705. The van der Waals surface area contributed by atoms with Crippen molar-refractivity contribution in [3.05, 3.63) is 23.3 Å². The van der Waals surface area contributed by atoms with E-state index in [1.54, 1.807) is 0 Å².